The van der Waals surface area contributed by atoms with Crippen LogP contribution in [0.1, 0.15) is 24.0 Å². The van der Waals surface area contributed by atoms with Crippen molar-refractivity contribution < 1.29 is 9.53 Å². The van der Waals surface area contributed by atoms with E-state index in [0.717, 1.165) is 45.6 Å². The summed E-state index contributed by atoms with van der Waals surface area (Å²) in [5, 5.41) is 0. The molecule has 0 aromatic heterocycles. The van der Waals surface area contributed by atoms with Gasteiger partial charge in [-0.3, -0.25) is 9.69 Å². The summed E-state index contributed by atoms with van der Waals surface area (Å²) in [6.45, 7) is 7.94. The highest BCUT2D eigenvalue weighted by molar-refractivity contribution is 5.79. The number of hydrogen-bond acceptors (Lipinski definition) is 3. The Hall–Kier alpha value is -1.39. The van der Waals surface area contributed by atoms with Gasteiger partial charge in [0.25, 0.3) is 0 Å². The van der Waals surface area contributed by atoms with E-state index in [2.05, 4.69) is 36.1 Å². The van der Waals surface area contributed by atoms with Crippen LogP contribution in [0.3, 0.4) is 0 Å². The summed E-state index contributed by atoms with van der Waals surface area (Å²) in [4.78, 5) is 17.1. The molecule has 2 aliphatic heterocycles. The second kappa shape index (κ2) is 7.25. The van der Waals surface area contributed by atoms with E-state index in [9.17, 15) is 4.79 Å². The van der Waals surface area contributed by atoms with E-state index in [1.165, 1.54) is 11.1 Å². The molecule has 120 valence electrons. The lowest BCUT2D eigenvalue weighted by atomic mass is 9.96. The van der Waals surface area contributed by atoms with Gasteiger partial charge in [-0.05, 0) is 31.9 Å². The average Bonchev–Trinajstić information content (AvgIpc) is 2.57. The fraction of sp³-hybridized carbons (Fsp3) is 0.611. The Morgan fingerprint density at radius 3 is 2.64 bits per heavy atom. The predicted octanol–water partition coefficient (Wildman–Crippen LogP) is 2.07. The molecule has 3 rings (SSSR count). The number of hydrogen-bond donors (Lipinski definition) is 0. The van der Waals surface area contributed by atoms with Crippen LogP contribution >= 0.6 is 0 Å². The second-order valence-corrected chi connectivity index (χ2v) is 6.50. The Morgan fingerprint density at radius 2 is 1.91 bits per heavy atom. The highest BCUT2D eigenvalue weighted by atomic mass is 16.5. The third-order valence-corrected chi connectivity index (χ3v) is 4.70. The van der Waals surface area contributed by atoms with Crippen molar-refractivity contribution in [3.05, 3.63) is 35.4 Å². The number of ether oxygens (including phenoxy) is 1. The van der Waals surface area contributed by atoms with Crippen molar-refractivity contribution in [2.45, 2.75) is 26.3 Å². The quantitative estimate of drug-likeness (QED) is 0.857. The molecule has 4 nitrogen and oxygen atoms in total. The van der Waals surface area contributed by atoms with Crippen LogP contribution in [0.2, 0.25) is 0 Å². The van der Waals surface area contributed by atoms with Crippen LogP contribution in [0.25, 0.3) is 0 Å². The normalized spacial score (nSPS) is 23.5. The minimum atomic E-state index is 0.164. The van der Waals surface area contributed by atoms with Crippen molar-refractivity contribution in [2.75, 3.05) is 39.4 Å². The number of benzene rings is 1. The number of nitrogens with zero attached hydrogens (tertiary/aromatic N) is 2. The van der Waals surface area contributed by atoms with Gasteiger partial charge < -0.3 is 9.64 Å². The molecule has 4 heteroatoms. The molecular formula is C18H26N2O2. The maximum Gasteiger partial charge on any atom is 0.227 e. The molecule has 1 unspecified atom stereocenters. The maximum absolute atomic E-state index is 12.6. The highest BCUT2D eigenvalue weighted by Crippen LogP contribution is 2.21. The number of carbonyl (C=O) groups excluding carboxylic acids is 1. The van der Waals surface area contributed by atoms with E-state index >= 15 is 0 Å². The number of rotatable bonds is 3. The number of likely N-dealkylation sites (tertiary alicyclic amines) is 1. The first-order valence-corrected chi connectivity index (χ1v) is 8.37. The van der Waals surface area contributed by atoms with Crippen LogP contribution in [0.5, 0.6) is 0 Å². The summed E-state index contributed by atoms with van der Waals surface area (Å²) in [6, 6.07) is 8.72. The first-order chi connectivity index (χ1) is 10.7. The molecule has 0 N–H and O–H groups in total. The van der Waals surface area contributed by atoms with Gasteiger partial charge in [-0.15, -0.1) is 0 Å². The van der Waals surface area contributed by atoms with E-state index in [1.54, 1.807) is 0 Å². The minimum Gasteiger partial charge on any atom is -0.378 e. The summed E-state index contributed by atoms with van der Waals surface area (Å²) in [7, 11) is 0. The fourth-order valence-electron chi connectivity index (χ4n) is 3.39. The molecule has 22 heavy (non-hydrogen) atoms. The summed E-state index contributed by atoms with van der Waals surface area (Å²) in [5.41, 5.74) is 2.63. The smallest absolute Gasteiger partial charge is 0.227 e. The number of piperidine rings is 1. The lowest BCUT2D eigenvalue weighted by Crippen LogP contribution is -2.48. The molecule has 0 aliphatic carbocycles. The third kappa shape index (κ3) is 3.87. The van der Waals surface area contributed by atoms with E-state index < -0.39 is 0 Å². The van der Waals surface area contributed by atoms with Crippen LogP contribution in [0.15, 0.2) is 24.3 Å². The van der Waals surface area contributed by atoms with Gasteiger partial charge in [-0.1, -0.05) is 29.8 Å². The molecular weight excluding hydrogens is 276 g/mol. The van der Waals surface area contributed by atoms with Crippen molar-refractivity contribution in [2.24, 2.45) is 5.92 Å². The van der Waals surface area contributed by atoms with Crippen LogP contribution in [-0.2, 0) is 16.1 Å². The topological polar surface area (TPSA) is 32.8 Å². The maximum atomic E-state index is 12.6. The Labute approximate surface area is 133 Å². The SMILES string of the molecule is Cc1ccc(CN2CCCC(C(=O)N3CCOCC3)C2)cc1. The molecule has 2 fully saturated rings. The number of morpholine rings is 1. The zero-order chi connectivity index (χ0) is 15.4. The van der Waals surface area contributed by atoms with Gasteiger partial charge in [0.15, 0.2) is 0 Å². The van der Waals surface area contributed by atoms with Gasteiger partial charge >= 0.3 is 0 Å². The molecule has 0 bridgehead atoms. The van der Waals surface area contributed by atoms with Gasteiger partial charge in [0.2, 0.25) is 5.91 Å². The molecule has 0 spiro atoms. The van der Waals surface area contributed by atoms with Gasteiger partial charge in [-0.25, -0.2) is 0 Å². The minimum absolute atomic E-state index is 0.164. The predicted molar refractivity (Wildman–Crippen MR) is 86.6 cm³/mol. The molecule has 1 atom stereocenters. The first-order valence-electron chi connectivity index (χ1n) is 8.37. The van der Waals surface area contributed by atoms with Crippen molar-refractivity contribution in [3.63, 3.8) is 0 Å². The fourth-order valence-corrected chi connectivity index (χ4v) is 3.39. The van der Waals surface area contributed by atoms with Crippen molar-refractivity contribution in [3.8, 4) is 0 Å². The zero-order valence-corrected chi connectivity index (χ0v) is 13.5. The Bertz CT molecular complexity index is 494. The molecule has 1 aromatic carbocycles. The van der Waals surface area contributed by atoms with Crippen LogP contribution in [-0.4, -0.2) is 55.1 Å². The Kier molecular flexibility index (Phi) is 5.11. The van der Waals surface area contributed by atoms with Crippen molar-refractivity contribution in [1.82, 2.24) is 9.80 Å². The molecule has 0 saturated carbocycles. The number of aryl methyl sites for hydroxylation is 1. The summed E-state index contributed by atoms with van der Waals surface area (Å²) < 4.78 is 5.34. The summed E-state index contributed by atoms with van der Waals surface area (Å²) in [5.74, 6) is 0.495. The van der Waals surface area contributed by atoms with E-state index in [4.69, 9.17) is 4.74 Å². The van der Waals surface area contributed by atoms with Crippen molar-refractivity contribution >= 4 is 5.91 Å². The molecule has 2 heterocycles. The first kappa shape index (κ1) is 15.5. The number of amides is 1. The molecule has 1 aromatic rings. The summed E-state index contributed by atoms with van der Waals surface area (Å²) in [6.07, 6.45) is 2.15. The molecule has 2 aliphatic rings. The largest absolute Gasteiger partial charge is 0.378 e. The van der Waals surface area contributed by atoms with Crippen molar-refractivity contribution in [1.29, 1.82) is 0 Å². The molecule has 0 radical (unpaired) electrons. The van der Waals surface area contributed by atoms with E-state index in [0.29, 0.717) is 19.1 Å². The lowest BCUT2D eigenvalue weighted by molar-refractivity contribution is -0.141. The lowest BCUT2D eigenvalue weighted by Gasteiger charge is -2.36. The van der Waals surface area contributed by atoms with Crippen LogP contribution in [0.4, 0.5) is 0 Å². The van der Waals surface area contributed by atoms with Gasteiger partial charge in [0.1, 0.15) is 0 Å². The van der Waals surface area contributed by atoms with Gasteiger partial charge in [0.05, 0.1) is 19.1 Å². The Balaban J connectivity index is 1.56. The van der Waals surface area contributed by atoms with Crippen LogP contribution < -0.4 is 0 Å². The van der Waals surface area contributed by atoms with E-state index in [-0.39, 0.29) is 5.92 Å². The molecule has 2 saturated heterocycles. The average molecular weight is 302 g/mol. The van der Waals surface area contributed by atoms with E-state index in [1.807, 2.05) is 4.90 Å². The standard InChI is InChI=1S/C18H26N2O2/c1-15-4-6-16(7-5-15)13-19-8-2-3-17(14-19)18(21)20-9-11-22-12-10-20/h4-7,17H,2-3,8-14H2,1H3. The third-order valence-electron chi connectivity index (χ3n) is 4.70. The van der Waals surface area contributed by atoms with Crippen LogP contribution in [0, 0.1) is 12.8 Å². The highest BCUT2D eigenvalue weighted by Gasteiger charge is 2.29. The zero-order valence-electron chi connectivity index (χ0n) is 13.5. The van der Waals surface area contributed by atoms with Gasteiger partial charge in [0, 0.05) is 26.2 Å². The monoisotopic (exact) mass is 302 g/mol. The van der Waals surface area contributed by atoms with Gasteiger partial charge in [-0.2, -0.15) is 0 Å². The second-order valence-electron chi connectivity index (χ2n) is 6.50. The number of carbonyl (C=O) groups is 1. The summed E-state index contributed by atoms with van der Waals surface area (Å²) >= 11 is 0. The molecule has 1 amide bonds. The Morgan fingerprint density at radius 1 is 1.18 bits per heavy atom.